The Kier molecular flexibility index (Phi) is 5.42. The summed E-state index contributed by atoms with van der Waals surface area (Å²) in [5.41, 5.74) is 2.14. The van der Waals surface area contributed by atoms with Gasteiger partial charge in [-0.2, -0.15) is 0 Å². The molecule has 1 aliphatic rings. The molecule has 140 valence electrons. The van der Waals surface area contributed by atoms with Crippen LogP contribution in [0.1, 0.15) is 43.8 Å². The molecule has 1 atom stereocenters. The molecule has 1 aromatic heterocycles. The van der Waals surface area contributed by atoms with Gasteiger partial charge in [0.2, 0.25) is 0 Å². The van der Waals surface area contributed by atoms with E-state index < -0.39 is 0 Å². The zero-order valence-corrected chi connectivity index (χ0v) is 15.5. The highest BCUT2D eigenvalue weighted by atomic mass is 16.5. The monoisotopic (exact) mass is 362 g/mol. The van der Waals surface area contributed by atoms with Crippen LogP contribution in [0.2, 0.25) is 0 Å². The van der Waals surface area contributed by atoms with E-state index in [1.807, 2.05) is 42.5 Å². The maximum absolute atomic E-state index is 12.6. The van der Waals surface area contributed by atoms with Crippen molar-refractivity contribution in [3.05, 3.63) is 72.4 Å². The number of hydrogen-bond donors (Lipinski definition) is 1. The smallest absolute Gasteiger partial charge is 0.409 e. The molecule has 1 fully saturated rings. The summed E-state index contributed by atoms with van der Waals surface area (Å²) in [6.07, 6.45) is 7.66. The molecule has 1 amide bonds. The minimum Gasteiger partial charge on any atom is -0.445 e. The molecule has 1 heterocycles. The largest absolute Gasteiger partial charge is 0.445 e. The zero-order valence-electron chi connectivity index (χ0n) is 15.5. The normalized spacial score (nSPS) is 16.1. The molecule has 0 spiro atoms. The van der Waals surface area contributed by atoms with Crippen molar-refractivity contribution >= 4 is 17.0 Å². The Labute approximate surface area is 160 Å². The fraction of sp³-hybridized carbons (Fsp3) is 0.348. The molecule has 1 unspecified atom stereocenters. The number of alkyl carbamates (subject to hydrolysis) is 1. The lowest BCUT2D eigenvalue weighted by Crippen LogP contribution is -2.38. The predicted octanol–water partition coefficient (Wildman–Crippen LogP) is 5.65. The van der Waals surface area contributed by atoms with E-state index in [9.17, 15) is 4.79 Å². The molecule has 4 heteroatoms. The van der Waals surface area contributed by atoms with Crippen LogP contribution in [-0.4, -0.2) is 10.7 Å². The highest BCUT2D eigenvalue weighted by molar-refractivity contribution is 5.80. The van der Waals surface area contributed by atoms with Crippen molar-refractivity contribution in [2.45, 2.75) is 44.9 Å². The van der Waals surface area contributed by atoms with Crippen LogP contribution in [0.15, 0.2) is 66.9 Å². The van der Waals surface area contributed by atoms with E-state index in [-0.39, 0.29) is 18.9 Å². The summed E-state index contributed by atoms with van der Waals surface area (Å²) in [5.74, 6) is 0.429. The third-order valence-electron chi connectivity index (χ3n) is 5.50. The molecular weight excluding hydrogens is 336 g/mol. The molecule has 1 saturated carbocycles. The third kappa shape index (κ3) is 4.16. The Hall–Kier alpha value is -2.75. The standard InChI is InChI=1S/C23H26N2O2/c26-23(27-17-18-9-3-1-4-10-18)24-22(20-12-5-2-6-13-20)25-16-15-19-11-7-8-14-21(19)25/h1,3-4,7-11,14-16,20,22H,2,5-6,12-13,17H2,(H,24,26). The average molecular weight is 362 g/mol. The van der Waals surface area contributed by atoms with Gasteiger partial charge in [-0.05, 0) is 41.8 Å². The molecular formula is C23H26N2O2. The van der Waals surface area contributed by atoms with E-state index >= 15 is 0 Å². The average Bonchev–Trinajstić information content (AvgIpc) is 3.16. The van der Waals surface area contributed by atoms with Crippen molar-refractivity contribution in [3.63, 3.8) is 0 Å². The number of carbonyl (C=O) groups excluding carboxylic acids is 1. The zero-order chi connectivity index (χ0) is 18.5. The van der Waals surface area contributed by atoms with Crippen molar-refractivity contribution in [3.8, 4) is 0 Å². The minimum atomic E-state index is -0.354. The molecule has 1 N–H and O–H groups in total. The lowest BCUT2D eigenvalue weighted by Gasteiger charge is -2.32. The maximum Gasteiger partial charge on any atom is 0.409 e. The van der Waals surface area contributed by atoms with Crippen LogP contribution in [-0.2, 0) is 11.3 Å². The second kappa shape index (κ2) is 8.30. The molecule has 4 rings (SSSR count). The van der Waals surface area contributed by atoms with Crippen molar-refractivity contribution < 1.29 is 9.53 Å². The molecule has 0 aliphatic heterocycles. The van der Waals surface area contributed by atoms with E-state index in [1.165, 1.54) is 24.6 Å². The number of amides is 1. The van der Waals surface area contributed by atoms with Crippen molar-refractivity contribution in [1.82, 2.24) is 9.88 Å². The number of fused-ring (bicyclic) bond motifs is 1. The minimum absolute atomic E-state index is 0.0755. The Morgan fingerprint density at radius 1 is 1.00 bits per heavy atom. The highest BCUT2D eigenvalue weighted by Gasteiger charge is 2.27. The van der Waals surface area contributed by atoms with Crippen LogP contribution in [0.5, 0.6) is 0 Å². The number of nitrogens with zero attached hydrogens (tertiary/aromatic N) is 1. The molecule has 1 aliphatic carbocycles. The predicted molar refractivity (Wildman–Crippen MR) is 107 cm³/mol. The quantitative estimate of drug-likeness (QED) is 0.637. The summed E-state index contributed by atoms with van der Waals surface area (Å²) in [7, 11) is 0. The van der Waals surface area contributed by atoms with E-state index in [0.29, 0.717) is 5.92 Å². The highest BCUT2D eigenvalue weighted by Crippen LogP contribution is 2.33. The summed E-state index contributed by atoms with van der Waals surface area (Å²) in [5, 5.41) is 4.35. The molecule has 3 aromatic rings. The fourth-order valence-corrected chi connectivity index (χ4v) is 4.10. The first-order valence-electron chi connectivity index (χ1n) is 9.84. The van der Waals surface area contributed by atoms with Crippen LogP contribution in [0.4, 0.5) is 4.79 Å². The topological polar surface area (TPSA) is 43.3 Å². The van der Waals surface area contributed by atoms with E-state index in [0.717, 1.165) is 23.9 Å². The van der Waals surface area contributed by atoms with Gasteiger partial charge in [0.15, 0.2) is 0 Å². The summed E-state index contributed by atoms with van der Waals surface area (Å²) < 4.78 is 7.70. The summed E-state index contributed by atoms with van der Waals surface area (Å²) in [6, 6.07) is 20.2. The summed E-state index contributed by atoms with van der Waals surface area (Å²) in [6.45, 7) is 0.288. The number of ether oxygens (including phenoxy) is 1. The number of aromatic nitrogens is 1. The second-order valence-electron chi connectivity index (χ2n) is 7.33. The van der Waals surface area contributed by atoms with Gasteiger partial charge < -0.3 is 14.6 Å². The Balaban J connectivity index is 1.52. The third-order valence-corrected chi connectivity index (χ3v) is 5.50. The molecule has 0 radical (unpaired) electrons. The fourth-order valence-electron chi connectivity index (χ4n) is 4.10. The number of carbonyl (C=O) groups is 1. The van der Waals surface area contributed by atoms with Gasteiger partial charge in [0.25, 0.3) is 0 Å². The van der Waals surface area contributed by atoms with Gasteiger partial charge in [0, 0.05) is 11.7 Å². The van der Waals surface area contributed by atoms with Gasteiger partial charge >= 0.3 is 6.09 Å². The van der Waals surface area contributed by atoms with E-state index in [4.69, 9.17) is 4.74 Å². The van der Waals surface area contributed by atoms with Crippen molar-refractivity contribution in [2.24, 2.45) is 5.92 Å². The summed E-state index contributed by atoms with van der Waals surface area (Å²) in [4.78, 5) is 12.6. The van der Waals surface area contributed by atoms with E-state index in [2.05, 4.69) is 34.3 Å². The number of para-hydroxylation sites is 1. The van der Waals surface area contributed by atoms with Gasteiger partial charge in [0.1, 0.15) is 12.8 Å². The second-order valence-corrected chi connectivity index (χ2v) is 7.33. The first-order chi connectivity index (χ1) is 13.3. The molecule has 0 saturated heterocycles. The number of rotatable bonds is 5. The van der Waals surface area contributed by atoms with Gasteiger partial charge in [-0.15, -0.1) is 0 Å². The van der Waals surface area contributed by atoms with Crippen molar-refractivity contribution in [2.75, 3.05) is 0 Å². The number of nitrogens with one attached hydrogen (secondary N) is 1. The van der Waals surface area contributed by atoms with Gasteiger partial charge in [-0.1, -0.05) is 67.8 Å². The van der Waals surface area contributed by atoms with Gasteiger partial charge in [-0.25, -0.2) is 4.79 Å². The summed E-state index contributed by atoms with van der Waals surface area (Å²) >= 11 is 0. The Morgan fingerprint density at radius 2 is 1.74 bits per heavy atom. The van der Waals surface area contributed by atoms with Crippen molar-refractivity contribution in [1.29, 1.82) is 0 Å². The van der Waals surface area contributed by atoms with Crippen LogP contribution < -0.4 is 5.32 Å². The van der Waals surface area contributed by atoms with Gasteiger partial charge in [-0.3, -0.25) is 0 Å². The molecule has 27 heavy (non-hydrogen) atoms. The SMILES string of the molecule is O=C(NC(C1CCCCC1)n1ccc2ccccc21)OCc1ccccc1. The lowest BCUT2D eigenvalue weighted by atomic mass is 9.87. The number of benzene rings is 2. The first-order valence-corrected chi connectivity index (χ1v) is 9.84. The van der Waals surface area contributed by atoms with Crippen LogP contribution in [0.25, 0.3) is 10.9 Å². The Bertz CT molecular complexity index is 882. The first kappa shape index (κ1) is 17.7. The van der Waals surface area contributed by atoms with Crippen LogP contribution in [0.3, 0.4) is 0 Å². The lowest BCUT2D eigenvalue weighted by molar-refractivity contribution is 0.119. The van der Waals surface area contributed by atoms with Gasteiger partial charge in [0.05, 0.1) is 0 Å². The van der Waals surface area contributed by atoms with Crippen LogP contribution in [0, 0.1) is 5.92 Å². The van der Waals surface area contributed by atoms with Crippen LogP contribution >= 0.6 is 0 Å². The molecule has 0 bridgehead atoms. The number of hydrogen-bond acceptors (Lipinski definition) is 2. The molecule has 4 nitrogen and oxygen atoms in total. The Morgan fingerprint density at radius 3 is 2.56 bits per heavy atom. The van der Waals surface area contributed by atoms with E-state index in [1.54, 1.807) is 0 Å². The molecule has 2 aromatic carbocycles. The maximum atomic E-state index is 12.6.